The lowest BCUT2D eigenvalue weighted by Gasteiger charge is -2.21. The topological polar surface area (TPSA) is 34.4 Å². The van der Waals surface area contributed by atoms with Gasteiger partial charge in [0, 0.05) is 26.7 Å². The molecule has 7 aromatic carbocycles. The fourth-order valence-electron chi connectivity index (χ4n) is 6.83. The Bertz CT molecular complexity index is 2540. The minimum Gasteiger partial charge on any atom is -0.309 e. The molecule has 0 saturated heterocycles. The number of benzene rings is 7. The molecule has 0 amide bonds. The van der Waals surface area contributed by atoms with Gasteiger partial charge in [-0.3, -0.25) is 4.40 Å². The van der Waals surface area contributed by atoms with Gasteiger partial charge in [-0.15, -0.1) is 0 Å². The molecule has 0 aliphatic carbocycles. The Morgan fingerprint density at radius 3 is 1.86 bits per heavy atom. The van der Waals surface area contributed by atoms with Gasteiger partial charge in [0.1, 0.15) is 5.65 Å². The molecule has 9 aromatic rings. The standard InChI is InChI=1S/C39H25N2OP/c42-43(29-15-3-1-4-16-29,30-17-5-2-6-18-30)36-21-11-20-34-38(36)41-35-25-28-14-8-7-13-27(28)24-33(35)32-23-22-26-12-9-10-19-31(26)37(32)39(41)40-34/h1-25H. The van der Waals surface area contributed by atoms with Crippen LogP contribution in [0.25, 0.3) is 59.9 Å². The Labute approximate surface area is 248 Å². The second kappa shape index (κ2) is 9.13. The summed E-state index contributed by atoms with van der Waals surface area (Å²) < 4.78 is 18.0. The van der Waals surface area contributed by atoms with Gasteiger partial charge in [0.05, 0.1) is 16.6 Å². The van der Waals surface area contributed by atoms with E-state index in [4.69, 9.17) is 4.98 Å². The van der Waals surface area contributed by atoms with Crippen molar-refractivity contribution < 1.29 is 4.57 Å². The van der Waals surface area contributed by atoms with Crippen LogP contribution in [0.2, 0.25) is 0 Å². The highest BCUT2D eigenvalue weighted by Gasteiger charge is 2.33. The molecule has 0 bridgehead atoms. The van der Waals surface area contributed by atoms with Crippen LogP contribution in [0, 0.1) is 0 Å². The van der Waals surface area contributed by atoms with E-state index in [-0.39, 0.29) is 0 Å². The van der Waals surface area contributed by atoms with Crippen LogP contribution in [0.4, 0.5) is 0 Å². The number of pyridine rings is 1. The van der Waals surface area contributed by atoms with Crippen LogP contribution in [0.3, 0.4) is 0 Å². The van der Waals surface area contributed by atoms with Crippen molar-refractivity contribution in [2.75, 3.05) is 0 Å². The highest BCUT2D eigenvalue weighted by Crippen LogP contribution is 2.46. The summed E-state index contributed by atoms with van der Waals surface area (Å²) in [6.45, 7) is 0. The zero-order valence-electron chi connectivity index (χ0n) is 23.2. The van der Waals surface area contributed by atoms with Crippen LogP contribution in [0.15, 0.2) is 152 Å². The Morgan fingerprint density at radius 1 is 0.512 bits per heavy atom. The van der Waals surface area contributed by atoms with E-state index in [0.717, 1.165) is 65.0 Å². The third-order valence-corrected chi connectivity index (χ3v) is 11.9. The summed E-state index contributed by atoms with van der Waals surface area (Å²) in [5.74, 6) is 0. The highest BCUT2D eigenvalue weighted by atomic mass is 31.2. The quantitative estimate of drug-likeness (QED) is 0.121. The van der Waals surface area contributed by atoms with Gasteiger partial charge in [-0.1, -0.05) is 127 Å². The summed E-state index contributed by atoms with van der Waals surface area (Å²) in [5.41, 5.74) is 3.66. The van der Waals surface area contributed by atoms with E-state index in [1.54, 1.807) is 0 Å². The average molecular weight is 569 g/mol. The number of para-hydroxylation sites is 1. The lowest BCUT2D eigenvalue weighted by Crippen LogP contribution is -2.26. The van der Waals surface area contributed by atoms with Gasteiger partial charge in [-0.05, 0) is 51.2 Å². The first-order valence-electron chi connectivity index (χ1n) is 14.5. The molecule has 0 spiro atoms. The van der Waals surface area contributed by atoms with E-state index >= 15 is 4.57 Å². The molecule has 0 saturated carbocycles. The maximum Gasteiger partial charge on any atom is 0.173 e. The zero-order valence-corrected chi connectivity index (χ0v) is 24.1. The number of rotatable bonds is 3. The molecule has 0 unspecified atom stereocenters. The monoisotopic (exact) mass is 568 g/mol. The molecule has 0 atom stereocenters. The molecule has 202 valence electrons. The van der Waals surface area contributed by atoms with Gasteiger partial charge in [0.2, 0.25) is 0 Å². The van der Waals surface area contributed by atoms with Crippen molar-refractivity contribution >= 4 is 83.0 Å². The minimum absolute atomic E-state index is 0.795. The summed E-state index contributed by atoms with van der Waals surface area (Å²) in [7, 11) is -3.29. The van der Waals surface area contributed by atoms with E-state index < -0.39 is 7.14 Å². The molecule has 0 aliphatic rings. The molecule has 4 heteroatoms. The molecule has 2 heterocycles. The molecule has 0 radical (unpaired) electrons. The molecule has 0 aliphatic heterocycles. The van der Waals surface area contributed by atoms with Gasteiger partial charge < -0.3 is 4.57 Å². The second-order valence-corrected chi connectivity index (χ2v) is 13.9. The molecule has 0 N–H and O–H groups in total. The fourth-order valence-corrected chi connectivity index (χ4v) is 9.68. The van der Waals surface area contributed by atoms with Gasteiger partial charge in [0.15, 0.2) is 7.14 Å². The maximum absolute atomic E-state index is 15.8. The molecule has 3 nitrogen and oxygen atoms in total. The molecule has 9 rings (SSSR count). The molecule has 43 heavy (non-hydrogen) atoms. The Kier molecular flexibility index (Phi) is 5.17. The van der Waals surface area contributed by atoms with Gasteiger partial charge in [-0.25, -0.2) is 4.98 Å². The predicted molar refractivity (Wildman–Crippen MR) is 182 cm³/mol. The lowest BCUT2D eigenvalue weighted by atomic mass is 9.98. The zero-order chi connectivity index (χ0) is 28.5. The number of nitrogens with zero attached hydrogens (tertiary/aromatic N) is 2. The van der Waals surface area contributed by atoms with Crippen LogP contribution in [-0.2, 0) is 4.57 Å². The normalized spacial score (nSPS) is 12.3. The fraction of sp³-hybridized carbons (Fsp3) is 0. The number of imidazole rings is 1. The number of fused-ring (bicyclic) bond motifs is 11. The Balaban J connectivity index is 1.56. The van der Waals surface area contributed by atoms with Crippen LogP contribution < -0.4 is 15.9 Å². The minimum atomic E-state index is -3.29. The van der Waals surface area contributed by atoms with Crippen LogP contribution in [0.5, 0.6) is 0 Å². The lowest BCUT2D eigenvalue weighted by molar-refractivity contribution is 0.592. The predicted octanol–water partition coefficient (Wildman–Crippen LogP) is 8.74. The largest absolute Gasteiger partial charge is 0.309 e. The average Bonchev–Trinajstić information content (AvgIpc) is 3.48. The SMILES string of the molecule is O=P(c1ccccc1)(c1ccccc1)c1cccc2nc3c4c5ccccc5ccc4c4cc5ccccc5cc4n3c12. The number of hydrogen-bond donors (Lipinski definition) is 0. The van der Waals surface area contributed by atoms with E-state index in [0.29, 0.717) is 0 Å². The van der Waals surface area contributed by atoms with Gasteiger partial charge >= 0.3 is 0 Å². The smallest absolute Gasteiger partial charge is 0.173 e. The van der Waals surface area contributed by atoms with Crippen LogP contribution in [0.1, 0.15) is 0 Å². The number of aromatic nitrogens is 2. The molecular formula is C39H25N2OP. The van der Waals surface area contributed by atoms with E-state index in [1.807, 2.05) is 72.8 Å². The first-order chi connectivity index (χ1) is 21.2. The van der Waals surface area contributed by atoms with Crippen molar-refractivity contribution in [2.45, 2.75) is 0 Å². The first-order valence-corrected chi connectivity index (χ1v) is 16.2. The van der Waals surface area contributed by atoms with E-state index in [2.05, 4.69) is 83.3 Å². The maximum atomic E-state index is 15.8. The summed E-state index contributed by atoms with van der Waals surface area (Å²) in [5, 5.41) is 10.5. The van der Waals surface area contributed by atoms with Crippen LogP contribution >= 0.6 is 7.14 Å². The van der Waals surface area contributed by atoms with Gasteiger partial charge in [0.25, 0.3) is 0 Å². The molecular weight excluding hydrogens is 543 g/mol. The van der Waals surface area contributed by atoms with Crippen molar-refractivity contribution in [1.29, 1.82) is 0 Å². The molecule has 2 aromatic heterocycles. The van der Waals surface area contributed by atoms with E-state index in [1.165, 1.54) is 10.8 Å². The number of hydrogen-bond acceptors (Lipinski definition) is 2. The van der Waals surface area contributed by atoms with E-state index in [9.17, 15) is 0 Å². The van der Waals surface area contributed by atoms with Crippen molar-refractivity contribution in [3.63, 3.8) is 0 Å². The van der Waals surface area contributed by atoms with Crippen molar-refractivity contribution in [3.8, 4) is 0 Å². The highest BCUT2D eigenvalue weighted by molar-refractivity contribution is 7.85. The summed E-state index contributed by atoms with van der Waals surface area (Å²) >= 11 is 0. The summed E-state index contributed by atoms with van der Waals surface area (Å²) in [6.07, 6.45) is 0. The third-order valence-electron chi connectivity index (χ3n) is 8.78. The van der Waals surface area contributed by atoms with Crippen molar-refractivity contribution in [2.24, 2.45) is 0 Å². The van der Waals surface area contributed by atoms with Gasteiger partial charge in [-0.2, -0.15) is 0 Å². The summed E-state index contributed by atoms with van der Waals surface area (Å²) in [6, 6.07) is 51.9. The Hall–Kier alpha value is -5.24. The first kappa shape index (κ1) is 24.4. The second-order valence-electron chi connectivity index (χ2n) is 11.1. The van der Waals surface area contributed by atoms with Crippen molar-refractivity contribution in [1.82, 2.24) is 9.38 Å². The third kappa shape index (κ3) is 3.43. The van der Waals surface area contributed by atoms with Crippen LogP contribution in [-0.4, -0.2) is 9.38 Å². The summed E-state index contributed by atoms with van der Waals surface area (Å²) in [4.78, 5) is 5.33. The van der Waals surface area contributed by atoms with Crippen molar-refractivity contribution in [3.05, 3.63) is 152 Å². The Morgan fingerprint density at radius 2 is 1.14 bits per heavy atom. The molecule has 0 fully saturated rings.